The van der Waals surface area contributed by atoms with Crippen LogP contribution in [0, 0.1) is 5.41 Å². The van der Waals surface area contributed by atoms with Crippen molar-refractivity contribution in [2.75, 3.05) is 13.7 Å². The lowest BCUT2D eigenvalue weighted by molar-refractivity contribution is 0.0689. The number of rotatable bonds is 4. The Morgan fingerprint density at radius 1 is 1.38 bits per heavy atom. The van der Waals surface area contributed by atoms with Gasteiger partial charge in [0.15, 0.2) is 0 Å². The molecule has 0 spiro atoms. The van der Waals surface area contributed by atoms with Gasteiger partial charge in [0, 0.05) is 19.1 Å². The second-order valence-corrected chi connectivity index (χ2v) is 6.36. The Bertz CT molecular complexity index is 705. The third kappa shape index (κ3) is 2.70. The lowest BCUT2D eigenvalue weighted by Gasteiger charge is -2.28. The van der Waals surface area contributed by atoms with Gasteiger partial charge in [-0.2, -0.15) is 0 Å². The zero-order valence-electron chi connectivity index (χ0n) is 12.1. The highest BCUT2D eigenvalue weighted by Gasteiger charge is 2.34. The van der Waals surface area contributed by atoms with E-state index in [9.17, 15) is 4.79 Å². The molecule has 1 fully saturated rings. The van der Waals surface area contributed by atoms with Crippen molar-refractivity contribution in [1.82, 2.24) is 9.55 Å². The first kappa shape index (κ1) is 14.5. The first-order chi connectivity index (χ1) is 10.2. The molecule has 0 unspecified atom stereocenters. The minimum atomic E-state index is -0.0233. The van der Waals surface area contributed by atoms with Crippen LogP contribution < -0.4 is 5.56 Å². The van der Waals surface area contributed by atoms with E-state index >= 15 is 0 Å². The minimum absolute atomic E-state index is 0.0233. The van der Waals surface area contributed by atoms with Gasteiger partial charge in [0.1, 0.15) is 0 Å². The molecule has 0 bridgehead atoms. The molecular weight excluding hydrogens is 288 g/mol. The van der Waals surface area contributed by atoms with Crippen molar-refractivity contribution < 1.29 is 4.74 Å². The predicted octanol–water partition coefficient (Wildman–Crippen LogP) is 3.26. The number of methoxy groups -OCH3 is 1. The molecule has 0 radical (unpaired) electrons. The largest absolute Gasteiger partial charge is 0.384 e. The summed E-state index contributed by atoms with van der Waals surface area (Å²) in [5.41, 5.74) is 0.615. The van der Waals surface area contributed by atoms with Crippen LogP contribution in [0.2, 0.25) is 5.02 Å². The Morgan fingerprint density at radius 2 is 2.14 bits per heavy atom. The number of hydrogen-bond donors (Lipinski definition) is 0. The molecule has 0 N–H and O–H groups in total. The Balaban J connectivity index is 2.01. The van der Waals surface area contributed by atoms with Crippen molar-refractivity contribution in [2.45, 2.75) is 32.2 Å². The molecule has 3 rings (SSSR count). The number of benzene rings is 1. The molecule has 1 saturated carbocycles. The molecule has 5 heteroatoms. The van der Waals surface area contributed by atoms with Gasteiger partial charge in [0.05, 0.1) is 28.9 Å². The number of halogens is 1. The van der Waals surface area contributed by atoms with E-state index in [0.717, 1.165) is 12.8 Å². The second-order valence-electron chi connectivity index (χ2n) is 5.95. The van der Waals surface area contributed by atoms with Gasteiger partial charge in [-0.05, 0) is 25.0 Å². The van der Waals surface area contributed by atoms with E-state index in [1.807, 2.05) is 0 Å². The Hall–Kier alpha value is -1.39. The van der Waals surface area contributed by atoms with E-state index in [0.29, 0.717) is 29.1 Å². The highest BCUT2D eigenvalue weighted by Crippen LogP contribution is 2.39. The van der Waals surface area contributed by atoms with E-state index in [1.54, 1.807) is 36.2 Å². The van der Waals surface area contributed by atoms with Crippen LogP contribution in [-0.2, 0) is 11.3 Å². The maximum absolute atomic E-state index is 12.6. The minimum Gasteiger partial charge on any atom is -0.384 e. The van der Waals surface area contributed by atoms with Crippen molar-refractivity contribution in [3.8, 4) is 0 Å². The van der Waals surface area contributed by atoms with Gasteiger partial charge in [-0.25, -0.2) is 4.98 Å². The van der Waals surface area contributed by atoms with Crippen molar-refractivity contribution in [3.63, 3.8) is 0 Å². The van der Waals surface area contributed by atoms with E-state index < -0.39 is 0 Å². The first-order valence-corrected chi connectivity index (χ1v) is 7.66. The van der Waals surface area contributed by atoms with Crippen LogP contribution in [0.4, 0.5) is 0 Å². The summed E-state index contributed by atoms with van der Waals surface area (Å²) in [6.07, 6.45) is 6.21. The Kier molecular flexibility index (Phi) is 4.00. The van der Waals surface area contributed by atoms with Gasteiger partial charge in [-0.3, -0.25) is 9.36 Å². The predicted molar refractivity (Wildman–Crippen MR) is 83.8 cm³/mol. The van der Waals surface area contributed by atoms with Gasteiger partial charge >= 0.3 is 0 Å². The maximum atomic E-state index is 12.6. The van der Waals surface area contributed by atoms with Crippen LogP contribution in [0.5, 0.6) is 0 Å². The highest BCUT2D eigenvalue weighted by atomic mass is 35.5. The summed E-state index contributed by atoms with van der Waals surface area (Å²) in [6.45, 7) is 1.35. The fourth-order valence-corrected chi connectivity index (χ4v) is 3.63. The van der Waals surface area contributed by atoms with E-state index in [1.165, 1.54) is 12.8 Å². The number of ether oxygens (including phenoxy) is 1. The normalized spacial score (nSPS) is 17.4. The fraction of sp³-hybridized carbons (Fsp3) is 0.500. The summed E-state index contributed by atoms with van der Waals surface area (Å²) >= 11 is 6.10. The SMILES string of the molecule is COCC1(Cn2cnc3c(Cl)cccc3c2=O)CCCC1. The van der Waals surface area contributed by atoms with Gasteiger partial charge < -0.3 is 4.74 Å². The Labute approximate surface area is 128 Å². The molecule has 1 aromatic heterocycles. The van der Waals surface area contributed by atoms with Crippen LogP contribution in [-0.4, -0.2) is 23.3 Å². The van der Waals surface area contributed by atoms with Crippen molar-refractivity contribution in [2.24, 2.45) is 5.41 Å². The summed E-state index contributed by atoms with van der Waals surface area (Å²) < 4.78 is 7.10. The monoisotopic (exact) mass is 306 g/mol. The van der Waals surface area contributed by atoms with Crippen LogP contribution in [0.25, 0.3) is 10.9 Å². The van der Waals surface area contributed by atoms with E-state index in [2.05, 4.69) is 4.98 Å². The summed E-state index contributed by atoms with van der Waals surface area (Å²) in [6, 6.07) is 5.33. The standard InChI is InChI=1S/C16H19ClN2O2/c1-21-10-16(7-2-3-8-16)9-19-11-18-14-12(15(19)20)5-4-6-13(14)17/h4-6,11H,2-3,7-10H2,1H3. The average Bonchev–Trinajstić information content (AvgIpc) is 2.92. The molecule has 0 amide bonds. The molecule has 4 nitrogen and oxygen atoms in total. The topological polar surface area (TPSA) is 44.1 Å². The highest BCUT2D eigenvalue weighted by molar-refractivity contribution is 6.34. The molecule has 1 aliphatic carbocycles. The van der Waals surface area contributed by atoms with Crippen molar-refractivity contribution >= 4 is 22.5 Å². The molecule has 2 aromatic rings. The summed E-state index contributed by atoms with van der Waals surface area (Å²) in [5.74, 6) is 0. The number of hydrogen-bond acceptors (Lipinski definition) is 3. The molecule has 0 aliphatic heterocycles. The molecular formula is C16H19ClN2O2. The lowest BCUT2D eigenvalue weighted by atomic mass is 9.87. The number of fused-ring (bicyclic) bond motifs is 1. The second kappa shape index (κ2) is 5.78. The summed E-state index contributed by atoms with van der Waals surface area (Å²) in [4.78, 5) is 17.0. The van der Waals surface area contributed by atoms with Crippen LogP contribution >= 0.6 is 11.6 Å². The van der Waals surface area contributed by atoms with Gasteiger partial charge in [-0.1, -0.05) is 30.5 Å². The number of nitrogens with zero attached hydrogens (tertiary/aromatic N) is 2. The zero-order chi connectivity index (χ0) is 14.9. The van der Waals surface area contributed by atoms with Gasteiger partial charge in [0.2, 0.25) is 0 Å². The summed E-state index contributed by atoms with van der Waals surface area (Å²) in [5, 5.41) is 1.10. The van der Waals surface area contributed by atoms with Gasteiger partial charge in [0.25, 0.3) is 5.56 Å². The maximum Gasteiger partial charge on any atom is 0.261 e. The van der Waals surface area contributed by atoms with E-state index in [-0.39, 0.29) is 11.0 Å². The summed E-state index contributed by atoms with van der Waals surface area (Å²) in [7, 11) is 1.72. The quantitative estimate of drug-likeness (QED) is 0.871. The van der Waals surface area contributed by atoms with Crippen LogP contribution in [0.3, 0.4) is 0 Å². The van der Waals surface area contributed by atoms with Crippen LogP contribution in [0.1, 0.15) is 25.7 Å². The van der Waals surface area contributed by atoms with Crippen molar-refractivity contribution in [3.05, 3.63) is 39.9 Å². The molecule has 0 saturated heterocycles. The Morgan fingerprint density at radius 3 is 2.86 bits per heavy atom. The van der Waals surface area contributed by atoms with Crippen LogP contribution in [0.15, 0.2) is 29.3 Å². The molecule has 112 valence electrons. The molecule has 1 aromatic carbocycles. The molecule has 21 heavy (non-hydrogen) atoms. The van der Waals surface area contributed by atoms with Crippen molar-refractivity contribution in [1.29, 1.82) is 0 Å². The smallest absolute Gasteiger partial charge is 0.261 e. The van der Waals surface area contributed by atoms with Gasteiger partial charge in [-0.15, -0.1) is 0 Å². The lowest BCUT2D eigenvalue weighted by Crippen LogP contribution is -2.34. The number of aromatic nitrogens is 2. The zero-order valence-corrected chi connectivity index (χ0v) is 12.9. The average molecular weight is 307 g/mol. The molecule has 1 heterocycles. The fourth-order valence-electron chi connectivity index (χ4n) is 3.41. The third-order valence-corrected chi connectivity index (χ3v) is 4.73. The van der Waals surface area contributed by atoms with E-state index in [4.69, 9.17) is 16.3 Å². The molecule has 0 atom stereocenters. The first-order valence-electron chi connectivity index (χ1n) is 7.28. The number of para-hydroxylation sites is 1. The third-order valence-electron chi connectivity index (χ3n) is 4.42. The molecule has 1 aliphatic rings.